The van der Waals surface area contributed by atoms with Crippen molar-refractivity contribution in [2.24, 2.45) is 0 Å². The lowest BCUT2D eigenvalue weighted by Crippen LogP contribution is -2.46. The number of thiazole rings is 1. The van der Waals surface area contributed by atoms with Crippen molar-refractivity contribution in [2.75, 3.05) is 11.9 Å². The molecule has 1 aromatic carbocycles. The van der Waals surface area contributed by atoms with Crippen LogP contribution in [0.4, 0.5) is 9.52 Å². The van der Waals surface area contributed by atoms with Crippen molar-refractivity contribution in [1.82, 2.24) is 19.7 Å². The molecular weight excluding hydrogens is 473 g/mol. The van der Waals surface area contributed by atoms with E-state index in [4.69, 9.17) is 5.10 Å². The lowest BCUT2D eigenvalue weighted by atomic mass is 9.82. The highest BCUT2D eigenvalue weighted by atomic mass is 32.1. The van der Waals surface area contributed by atoms with Gasteiger partial charge in [-0.25, -0.2) is 9.37 Å². The maximum Gasteiger partial charge on any atom is 0.278 e. The molecule has 7 nitrogen and oxygen atoms in total. The van der Waals surface area contributed by atoms with E-state index in [1.54, 1.807) is 28.6 Å². The number of hydrogen-bond acceptors (Lipinski definition) is 6. The largest absolute Gasteiger partial charge is 0.333 e. The van der Waals surface area contributed by atoms with Gasteiger partial charge in [0, 0.05) is 29.1 Å². The van der Waals surface area contributed by atoms with E-state index in [1.807, 2.05) is 36.0 Å². The quantitative estimate of drug-likeness (QED) is 0.432. The number of aromatic nitrogens is 3. The molecule has 0 radical (unpaired) electrons. The molecule has 0 spiro atoms. The SMILES string of the molecule is CC1(C)CN(C(=O)c2cccs2)Cc2c(C(=O)Nc3nccs3)nn(Cc3ccc(F)cc3)c21. The molecule has 34 heavy (non-hydrogen) atoms. The second-order valence-electron chi connectivity index (χ2n) is 8.77. The van der Waals surface area contributed by atoms with Crippen LogP contribution in [0.15, 0.2) is 53.4 Å². The van der Waals surface area contributed by atoms with E-state index in [0.29, 0.717) is 23.1 Å². The average Bonchev–Trinajstić information content (AvgIpc) is 3.56. The number of benzene rings is 1. The van der Waals surface area contributed by atoms with Gasteiger partial charge < -0.3 is 4.90 Å². The minimum atomic E-state index is -0.465. The number of carbonyl (C=O) groups is 2. The van der Waals surface area contributed by atoms with Gasteiger partial charge in [0.25, 0.3) is 11.8 Å². The summed E-state index contributed by atoms with van der Waals surface area (Å²) >= 11 is 2.72. The topological polar surface area (TPSA) is 80.1 Å². The Bertz CT molecular complexity index is 1330. The minimum absolute atomic E-state index is 0.0636. The Labute approximate surface area is 203 Å². The molecular formula is C24H22FN5O2S2. The van der Waals surface area contributed by atoms with Gasteiger partial charge >= 0.3 is 0 Å². The lowest BCUT2D eigenvalue weighted by molar-refractivity contribution is 0.0684. The van der Waals surface area contributed by atoms with Crippen molar-refractivity contribution in [2.45, 2.75) is 32.4 Å². The van der Waals surface area contributed by atoms with Gasteiger partial charge in [-0.05, 0) is 29.1 Å². The maximum atomic E-state index is 13.4. The molecule has 10 heteroatoms. The number of nitrogens with zero attached hydrogens (tertiary/aromatic N) is 4. The van der Waals surface area contributed by atoms with Gasteiger partial charge in [-0.2, -0.15) is 5.10 Å². The zero-order chi connectivity index (χ0) is 23.9. The molecule has 0 atom stereocenters. The third-order valence-electron chi connectivity index (χ3n) is 5.76. The summed E-state index contributed by atoms with van der Waals surface area (Å²) in [5.41, 5.74) is 2.29. The van der Waals surface area contributed by atoms with Crippen LogP contribution in [0.25, 0.3) is 0 Å². The fraction of sp³-hybridized carbons (Fsp3) is 0.250. The molecule has 1 N–H and O–H groups in total. The van der Waals surface area contributed by atoms with E-state index in [-0.39, 0.29) is 29.9 Å². The Hall–Kier alpha value is -3.37. The van der Waals surface area contributed by atoms with Crippen LogP contribution in [-0.2, 0) is 18.5 Å². The molecule has 1 aliphatic rings. The number of amides is 2. The van der Waals surface area contributed by atoms with E-state index in [2.05, 4.69) is 10.3 Å². The first-order chi connectivity index (χ1) is 16.3. The summed E-state index contributed by atoms with van der Waals surface area (Å²) < 4.78 is 15.2. The van der Waals surface area contributed by atoms with Gasteiger partial charge in [0.2, 0.25) is 0 Å². The first kappa shape index (κ1) is 22.4. The van der Waals surface area contributed by atoms with Crippen molar-refractivity contribution in [3.63, 3.8) is 0 Å². The summed E-state index contributed by atoms with van der Waals surface area (Å²) in [6.07, 6.45) is 1.62. The number of anilines is 1. The fourth-order valence-electron chi connectivity index (χ4n) is 4.41. The van der Waals surface area contributed by atoms with E-state index in [0.717, 1.165) is 16.8 Å². The highest BCUT2D eigenvalue weighted by Gasteiger charge is 2.41. The number of halogens is 1. The maximum absolute atomic E-state index is 13.4. The molecule has 1 aliphatic heterocycles. The Balaban J connectivity index is 1.56. The van der Waals surface area contributed by atoms with Crippen molar-refractivity contribution in [1.29, 1.82) is 0 Å². The molecule has 2 amide bonds. The Morgan fingerprint density at radius 2 is 1.94 bits per heavy atom. The van der Waals surface area contributed by atoms with Crippen LogP contribution in [0.3, 0.4) is 0 Å². The van der Waals surface area contributed by atoms with Crippen LogP contribution in [0, 0.1) is 5.82 Å². The van der Waals surface area contributed by atoms with Crippen LogP contribution in [0.5, 0.6) is 0 Å². The number of rotatable bonds is 5. The zero-order valence-corrected chi connectivity index (χ0v) is 20.3. The van der Waals surface area contributed by atoms with E-state index < -0.39 is 5.41 Å². The molecule has 4 aromatic rings. The summed E-state index contributed by atoms with van der Waals surface area (Å²) in [5, 5.41) is 11.6. The predicted octanol–water partition coefficient (Wildman–Crippen LogP) is 4.77. The van der Waals surface area contributed by atoms with E-state index in [9.17, 15) is 14.0 Å². The number of hydrogen-bond donors (Lipinski definition) is 1. The van der Waals surface area contributed by atoms with Gasteiger partial charge in [0.05, 0.1) is 23.7 Å². The smallest absolute Gasteiger partial charge is 0.278 e. The second-order valence-corrected chi connectivity index (χ2v) is 10.6. The minimum Gasteiger partial charge on any atom is -0.333 e. The van der Waals surface area contributed by atoms with E-state index in [1.165, 1.54) is 34.8 Å². The van der Waals surface area contributed by atoms with Gasteiger partial charge in [-0.1, -0.05) is 32.0 Å². The monoisotopic (exact) mass is 495 g/mol. The van der Waals surface area contributed by atoms with Crippen molar-refractivity contribution in [3.05, 3.63) is 86.6 Å². The Kier molecular flexibility index (Phi) is 5.78. The van der Waals surface area contributed by atoms with E-state index >= 15 is 0 Å². The summed E-state index contributed by atoms with van der Waals surface area (Å²) in [5.74, 6) is -0.741. The molecule has 3 aromatic heterocycles. The molecule has 0 fully saturated rings. The molecule has 0 bridgehead atoms. The summed E-state index contributed by atoms with van der Waals surface area (Å²) in [6, 6.07) is 9.90. The third-order valence-corrected chi connectivity index (χ3v) is 7.31. The van der Waals surface area contributed by atoms with Crippen molar-refractivity contribution in [3.8, 4) is 0 Å². The van der Waals surface area contributed by atoms with Crippen LogP contribution in [0.1, 0.15) is 50.8 Å². The predicted molar refractivity (Wildman–Crippen MR) is 130 cm³/mol. The number of thiophene rings is 1. The molecule has 0 unspecified atom stereocenters. The van der Waals surface area contributed by atoms with Crippen LogP contribution < -0.4 is 5.32 Å². The van der Waals surface area contributed by atoms with Gasteiger partial charge in [0.1, 0.15) is 5.82 Å². The second kappa shape index (κ2) is 8.77. The van der Waals surface area contributed by atoms with Crippen LogP contribution in [0.2, 0.25) is 0 Å². The molecule has 5 rings (SSSR count). The normalized spacial score (nSPS) is 14.6. The van der Waals surface area contributed by atoms with Crippen LogP contribution in [-0.4, -0.2) is 38.0 Å². The number of carbonyl (C=O) groups excluding carboxylic acids is 2. The molecule has 174 valence electrons. The lowest BCUT2D eigenvalue weighted by Gasteiger charge is -2.38. The van der Waals surface area contributed by atoms with Gasteiger partial charge in [-0.15, -0.1) is 22.7 Å². The van der Waals surface area contributed by atoms with Gasteiger partial charge in [0.15, 0.2) is 10.8 Å². The summed E-state index contributed by atoms with van der Waals surface area (Å²) in [7, 11) is 0. The first-order valence-electron chi connectivity index (χ1n) is 10.7. The van der Waals surface area contributed by atoms with Crippen molar-refractivity contribution >= 4 is 39.6 Å². The Morgan fingerprint density at radius 1 is 1.15 bits per heavy atom. The van der Waals surface area contributed by atoms with Gasteiger partial charge in [-0.3, -0.25) is 19.6 Å². The third kappa shape index (κ3) is 4.26. The average molecular weight is 496 g/mol. The van der Waals surface area contributed by atoms with Crippen molar-refractivity contribution < 1.29 is 14.0 Å². The molecule has 0 saturated carbocycles. The number of fused-ring (bicyclic) bond motifs is 1. The Morgan fingerprint density at radius 3 is 2.62 bits per heavy atom. The summed E-state index contributed by atoms with van der Waals surface area (Å²) in [6.45, 7) is 5.24. The highest BCUT2D eigenvalue weighted by Crippen LogP contribution is 2.37. The zero-order valence-electron chi connectivity index (χ0n) is 18.6. The molecule has 4 heterocycles. The fourth-order valence-corrected chi connectivity index (χ4v) is 5.62. The summed E-state index contributed by atoms with van der Waals surface area (Å²) in [4.78, 5) is 33.0. The van der Waals surface area contributed by atoms with Crippen LogP contribution >= 0.6 is 22.7 Å². The molecule has 0 aliphatic carbocycles. The number of nitrogens with one attached hydrogen (secondary N) is 1. The highest BCUT2D eigenvalue weighted by molar-refractivity contribution is 7.13. The standard InChI is InChI=1S/C24H22FN5O2S2/c1-24(2)14-29(22(32)18-4-3-10-33-18)13-17-19(21(31)27-23-26-9-11-34-23)28-30(20(17)24)12-15-5-7-16(25)8-6-15/h3-11H,12-14H2,1-2H3,(H,26,27,31). The first-order valence-corrected chi connectivity index (χ1v) is 12.5. The molecule has 0 saturated heterocycles.